The lowest BCUT2D eigenvalue weighted by molar-refractivity contribution is -0.142. The Balaban J connectivity index is 1.50. The maximum atomic E-state index is 12.0. The molecular formula is C19H20N2O5S. The van der Waals surface area contributed by atoms with Crippen molar-refractivity contribution >= 4 is 21.8 Å². The number of ether oxygens (including phenoxy) is 2. The van der Waals surface area contributed by atoms with E-state index in [1.165, 1.54) is 6.07 Å². The molecule has 1 aliphatic rings. The molecule has 1 N–H and O–H groups in total. The largest absolute Gasteiger partial charge is 0.490 e. The van der Waals surface area contributed by atoms with Crippen LogP contribution in [-0.2, 0) is 19.6 Å². The van der Waals surface area contributed by atoms with Gasteiger partial charge in [0.1, 0.15) is 31.3 Å². The van der Waals surface area contributed by atoms with Gasteiger partial charge in [-0.15, -0.1) is 0 Å². The minimum absolute atomic E-state index is 0.0823. The lowest BCUT2D eigenvalue weighted by atomic mass is 10.1. The molecule has 1 heterocycles. The van der Waals surface area contributed by atoms with Crippen molar-refractivity contribution in [2.45, 2.75) is 18.7 Å². The second kappa shape index (κ2) is 7.79. The van der Waals surface area contributed by atoms with Crippen LogP contribution < -0.4 is 9.46 Å². The first kappa shape index (κ1) is 18.9. The van der Waals surface area contributed by atoms with E-state index in [-0.39, 0.29) is 30.5 Å². The number of benzene rings is 2. The molecule has 0 aliphatic carbocycles. The summed E-state index contributed by atoms with van der Waals surface area (Å²) in [6.45, 7) is 3.98. The van der Waals surface area contributed by atoms with E-state index in [2.05, 4.69) is 9.71 Å². The van der Waals surface area contributed by atoms with Crippen LogP contribution in [-0.4, -0.2) is 40.0 Å². The minimum atomic E-state index is -3.61. The summed E-state index contributed by atoms with van der Waals surface area (Å²) in [6.07, 6.45) is 0. The standard InChI is InChI=1S/C19H20N2O5S/c1-13-9-14(2)11-15(10-13)25-7-8-26-18(22)12-20-19-16-5-3-4-6-17(16)27(23,24)21-19/h3-6,9-11H,7-8,12H2,1-2H3,(H,20,21). The normalized spacial score (nSPS) is 15.9. The van der Waals surface area contributed by atoms with E-state index in [1.807, 2.05) is 32.0 Å². The third kappa shape index (κ3) is 4.65. The van der Waals surface area contributed by atoms with E-state index in [9.17, 15) is 13.2 Å². The molecule has 0 radical (unpaired) electrons. The van der Waals surface area contributed by atoms with Crippen molar-refractivity contribution in [3.63, 3.8) is 0 Å². The fourth-order valence-corrected chi connectivity index (χ4v) is 4.02. The summed E-state index contributed by atoms with van der Waals surface area (Å²) in [5.41, 5.74) is 2.64. The minimum Gasteiger partial charge on any atom is -0.490 e. The Morgan fingerprint density at radius 2 is 1.78 bits per heavy atom. The predicted octanol–water partition coefficient (Wildman–Crippen LogP) is 1.96. The number of carbonyl (C=O) groups excluding carboxylic acids is 1. The Bertz CT molecular complexity index is 979. The number of rotatable bonds is 6. The summed E-state index contributed by atoms with van der Waals surface area (Å²) in [5.74, 6) is 0.310. The van der Waals surface area contributed by atoms with Gasteiger partial charge in [0, 0.05) is 5.56 Å². The van der Waals surface area contributed by atoms with Crippen LogP contribution in [0, 0.1) is 13.8 Å². The van der Waals surface area contributed by atoms with Crippen molar-refractivity contribution in [2.24, 2.45) is 4.99 Å². The van der Waals surface area contributed by atoms with Crippen LogP contribution in [0.1, 0.15) is 16.7 Å². The van der Waals surface area contributed by atoms with Gasteiger partial charge in [0.25, 0.3) is 10.0 Å². The molecule has 0 amide bonds. The zero-order chi connectivity index (χ0) is 19.4. The van der Waals surface area contributed by atoms with E-state index in [1.54, 1.807) is 18.2 Å². The topological polar surface area (TPSA) is 94.1 Å². The first-order valence-corrected chi connectivity index (χ1v) is 9.87. The van der Waals surface area contributed by atoms with Crippen molar-refractivity contribution < 1.29 is 22.7 Å². The Hall–Kier alpha value is -2.87. The molecule has 0 unspecified atom stereocenters. The number of sulfonamides is 1. The molecular weight excluding hydrogens is 368 g/mol. The van der Waals surface area contributed by atoms with Gasteiger partial charge in [-0.2, -0.15) is 0 Å². The molecule has 0 saturated heterocycles. The number of nitrogens with one attached hydrogen (secondary N) is 1. The SMILES string of the molecule is Cc1cc(C)cc(OCCOC(=O)CN=C2NS(=O)(=O)c3ccccc32)c1. The highest BCUT2D eigenvalue weighted by Crippen LogP contribution is 2.22. The van der Waals surface area contributed by atoms with Crippen molar-refractivity contribution in [2.75, 3.05) is 19.8 Å². The lowest BCUT2D eigenvalue weighted by Crippen LogP contribution is -2.23. The maximum absolute atomic E-state index is 12.0. The van der Waals surface area contributed by atoms with E-state index >= 15 is 0 Å². The molecule has 0 aromatic heterocycles. The molecule has 8 heteroatoms. The summed E-state index contributed by atoms with van der Waals surface area (Å²) >= 11 is 0. The molecule has 0 atom stereocenters. The number of aryl methyl sites for hydroxylation is 2. The summed E-state index contributed by atoms with van der Waals surface area (Å²) in [6, 6.07) is 12.3. The van der Waals surface area contributed by atoms with Crippen LogP contribution >= 0.6 is 0 Å². The molecule has 3 rings (SSSR count). The molecule has 1 aliphatic heterocycles. The maximum Gasteiger partial charge on any atom is 0.327 e. The summed E-state index contributed by atoms with van der Waals surface area (Å²) in [5, 5.41) is 0. The van der Waals surface area contributed by atoms with E-state index in [0.717, 1.165) is 16.9 Å². The van der Waals surface area contributed by atoms with Gasteiger partial charge in [0.2, 0.25) is 0 Å². The monoisotopic (exact) mass is 388 g/mol. The number of nitrogens with zero attached hydrogens (tertiary/aromatic N) is 1. The first-order chi connectivity index (χ1) is 12.8. The van der Waals surface area contributed by atoms with Crippen LogP contribution in [0.5, 0.6) is 5.75 Å². The van der Waals surface area contributed by atoms with Crippen LogP contribution in [0.3, 0.4) is 0 Å². The zero-order valence-corrected chi connectivity index (χ0v) is 15.9. The fraction of sp³-hybridized carbons (Fsp3) is 0.263. The van der Waals surface area contributed by atoms with Gasteiger partial charge in [-0.1, -0.05) is 18.2 Å². The predicted molar refractivity (Wildman–Crippen MR) is 101 cm³/mol. The number of amidine groups is 1. The highest BCUT2D eigenvalue weighted by molar-refractivity contribution is 7.90. The lowest BCUT2D eigenvalue weighted by Gasteiger charge is -2.08. The number of hydrogen-bond donors (Lipinski definition) is 1. The first-order valence-electron chi connectivity index (χ1n) is 8.38. The van der Waals surface area contributed by atoms with Gasteiger partial charge in [0.05, 0.1) is 4.90 Å². The fourth-order valence-electron chi connectivity index (χ4n) is 2.77. The number of aliphatic imine (C=N–C) groups is 1. The van der Waals surface area contributed by atoms with Crippen LogP contribution in [0.2, 0.25) is 0 Å². The molecule has 0 bridgehead atoms. The second-order valence-corrected chi connectivity index (χ2v) is 7.81. The van der Waals surface area contributed by atoms with Crippen molar-refractivity contribution in [3.8, 4) is 5.75 Å². The van der Waals surface area contributed by atoms with Gasteiger partial charge >= 0.3 is 5.97 Å². The van der Waals surface area contributed by atoms with E-state index < -0.39 is 16.0 Å². The molecule has 27 heavy (non-hydrogen) atoms. The van der Waals surface area contributed by atoms with E-state index in [0.29, 0.717) is 5.56 Å². The van der Waals surface area contributed by atoms with Gasteiger partial charge < -0.3 is 9.47 Å². The average Bonchev–Trinajstić information content (AvgIpc) is 2.87. The number of hydrogen-bond acceptors (Lipinski definition) is 6. The molecule has 2 aromatic rings. The van der Waals surface area contributed by atoms with Crippen LogP contribution in [0.25, 0.3) is 0 Å². The Kier molecular flexibility index (Phi) is 5.46. The van der Waals surface area contributed by atoms with Gasteiger partial charge in [-0.25, -0.2) is 8.42 Å². The third-order valence-corrected chi connectivity index (χ3v) is 5.24. The quantitative estimate of drug-likeness (QED) is 0.603. The summed E-state index contributed by atoms with van der Waals surface area (Å²) in [4.78, 5) is 16.0. The average molecular weight is 388 g/mol. The van der Waals surface area contributed by atoms with Crippen LogP contribution in [0.15, 0.2) is 52.4 Å². The highest BCUT2D eigenvalue weighted by Gasteiger charge is 2.30. The summed E-state index contributed by atoms with van der Waals surface area (Å²) < 4.78 is 36.9. The molecule has 142 valence electrons. The van der Waals surface area contributed by atoms with Crippen molar-refractivity contribution in [1.29, 1.82) is 0 Å². The second-order valence-electron chi connectivity index (χ2n) is 6.16. The van der Waals surface area contributed by atoms with Crippen molar-refractivity contribution in [3.05, 3.63) is 59.2 Å². The highest BCUT2D eigenvalue weighted by atomic mass is 32.2. The number of carbonyl (C=O) groups is 1. The van der Waals surface area contributed by atoms with Gasteiger partial charge in [0.15, 0.2) is 0 Å². The van der Waals surface area contributed by atoms with Crippen molar-refractivity contribution in [1.82, 2.24) is 4.72 Å². The Morgan fingerprint density at radius 3 is 2.52 bits per heavy atom. The molecule has 2 aromatic carbocycles. The zero-order valence-electron chi connectivity index (χ0n) is 15.1. The van der Waals surface area contributed by atoms with Gasteiger partial charge in [-0.3, -0.25) is 14.5 Å². The number of fused-ring (bicyclic) bond motifs is 1. The number of esters is 1. The van der Waals surface area contributed by atoms with Gasteiger partial charge in [-0.05, 0) is 49.2 Å². The third-order valence-electron chi connectivity index (χ3n) is 3.84. The summed E-state index contributed by atoms with van der Waals surface area (Å²) in [7, 11) is -3.61. The molecule has 0 fully saturated rings. The smallest absolute Gasteiger partial charge is 0.327 e. The van der Waals surface area contributed by atoms with E-state index in [4.69, 9.17) is 9.47 Å². The van der Waals surface area contributed by atoms with Crippen LogP contribution in [0.4, 0.5) is 0 Å². The molecule has 0 spiro atoms. The Labute approximate surface area is 158 Å². The molecule has 0 saturated carbocycles. The Morgan fingerprint density at radius 1 is 1.07 bits per heavy atom. The molecule has 7 nitrogen and oxygen atoms in total.